The van der Waals surface area contributed by atoms with Gasteiger partial charge in [0, 0.05) is 0 Å². The molecule has 148 valence electrons. The average Bonchev–Trinajstić information content (AvgIpc) is 3.03. The molecule has 0 radical (unpaired) electrons. The number of allylic oxidation sites excluding steroid dienone is 2. The summed E-state index contributed by atoms with van der Waals surface area (Å²) in [5, 5.41) is 0.309. The van der Waals surface area contributed by atoms with Crippen molar-refractivity contribution < 1.29 is 4.43 Å². The van der Waals surface area contributed by atoms with Crippen LogP contribution in [0.1, 0.15) is 86.5 Å². The lowest BCUT2D eigenvalue weighted by Gasteiger charge is -2.56. The predicted molar refractivity (Wildman–Crippen MR) is 114 cm³/mol. The Kier molecular flexibility index (Phi) is 4.07. The normalized spacial score (nSPS) is 48.2. The van der Waals surface area contributed by atoms with Crippen LogP contribution in [0, 0.1) is 28.1 Å². The summed E-state index contributed by atoms with van der Waals surface area (Å²) in [6, 6.07) is 0. The number of fused-ring (bicyclic) bond motifs is 2. The van der Waals surface area contributed by atoms with Gasteiger partial charge in [0.05, 0.1) is 6.10 Å². The SMILES string of the molecule is CC1=CC[C@]2(C)C[C@@]34CCC[C@H](O[Si](C)(C)C(C)(C)C)[C@]3(C)CC[C@H]4[C@H]12. The molecule has 0 aromatic heterocycles. The minimum Gasteiger partial charge on any atom is -0.413 e. The fraction of sp³-hybridized carbons (Fsp3) is 0.917. The van der Waals surface area contributed by atoms with Crippen molar-refractivity contribution in [3.63, 3.8) is 0 Å². The van der Waals surface area contributed by atoms with Crippen molar-refractivity contribution in [2.45, 2.75) is 111 Å². The van der Waals surface area contributed by atoms with Gasteiger partial charge in [0.15, 0.2) is 8.32 Å². The number of rotatable bonds is 2. The highest BCUT2D eigenvalue weighted by molar-refractivity contribution is 6.74. The quantitative estimate of drug-likeness (QED) is 0.363. The fourth-order valence-electron chi connectivity index (χ4n) is 7.81. The molecule has 0 saturated heterocycles. The Labute approximate surface area is 163 Å². The molecule has 1 nitrogen and oxygen atoms in total. The lowest BCUT2D eigenvalue weighted by atomic mass is 9.54. The van der Waals surface area contributed by atoms with E-state index < -0.39 is 8.32 Å². The summed E-state index contributed by atoms with van der Waals surface area (Å²) in [5.41, 5.74) is 3.20. The Balaban J connectivity index is 1.69. The topological polar surface area (TPSA) is 9.23 Å². The molecule has 3 saturated carbocycles. The third-order valence-electron chi connectivity index (χ3n) is 10.1. The van der Waals surface area contributed by atoms with Gasteiger partial charge < -0.3 is 4.43 Å². The third kappa shape index (κ3) is 2.30. The van der Waals surface area contributed by atoms with Crippen molar-refractivity contribution in [1.29, 1.82) is 0 Å². The molecule has 6 atom stereocenters. The van der Waals surface area contributed by atoms with Crippen LogP contribution in [0.15, 0.2) is 11.6 Å². The van der Waals surface area contributed by atoms with Crippen LogP contribution in [0.4, 0.5) is 0 Å². The lowest BCUT2D eigenvalue weighted by molar-refractivity contribution is -0.0889. The zero-order valence-corrected chi connectivity index (χ0v) is 19.7. The molecule has 0 unspecified atom stereocenters. The third-order valence-corrected chi connectivity index (χ3v) is 14.6. The van der Waals surface area contributed by atoms with E-state index in [1.165, 1.54) is 44.9 Å². The maximum absolute atomic E-state index is 7.17. The Morgan fingerprint density at radius 1 is 1.12 bits per heavy atom. The molecule has 0 heterocycles. The van der Waals surface area contributed by atoms with Crippen molar-refractivity contribution in [3.05, 3.63) is 11.6 Å². The maximum atomic E-state index is 7.17. The molecule has 0 amide bonds. The summed E-state index contributed by atoms with van der Waals surface area (Å²) in [6.45, 7) is 19.8. The van der Waals surface area contributed by atoms with E-state index in [-0.39, 0.29) is 0 Å². The molecule has 0 aromatic rings. The van der Waals surface area contributed by atoms with Crippen LogP contribution in [-0.2, 0) is 4.43 Å². The van der Waals surface area contributed by atoms with E-state index >= 15 is 0 Å². The zero-order chi connectivity index (χ0) is 19.2. The monoisotopic (exact) mass is 374 g/mol. The van der Waals surface area contributed by atoms with E-state index in [2.05, 4.69) is 60.7 Å². The van der Waals surface area contributed by atoms with E-state index in [1.54, 1.807) is 5.57 Å². The second-order valence-electron chi connectivity index (χ2n) is 12.4. The van der Waals surface area contributed by atoms with Crippen LogP contribution in [0.25, 0.3) is 0 Å². The molecule has 4 aliphatic carbocycles. The first kappa shape index (κ1) is 19.2. The molecule has 0 aliphatic heterocycles. The van der Waals surface area contributed by atoms with Crippen LogP contribution < -0.4 is 0 Å². The van der Waals surface area contributed by atoms with Gasteiger partial charge in [-0.3, -0.25) is 0 Å². The molecule has 0 bridgehead atoms. The molecule has 0 aromatic carbocycles. The molecular weight excluding hydrogens is 332 g/mol. The Hall–Kier alpha value is -0.0831. The minimum atomic E-state index is -1.72. The molecule has 26 heavy (non-hydrogen) atoms. The van der Waals surface area contributed by atoms with Gasteiger partial charge in [-0.25, -0.2) is 0 Å². The van der Waals surface area contributed by atoms with E-state index in [1.807, 2.05) is 0 Å². The minimum absolute atomic E-state index is 0.309. The summed E-state index contributed by atoms with van der Waals surface area (Å²) in [6.07, 6.45) is 12.8. The molecule has 4 aliphatic rings. The van der Waals surface area contributed by atoms with E-state index in [0.29, 0.717) is 27.4 Å². The van der Waals surface area contributed by atoms with Crippen LogP contribution >= 0.6 is 0 Å². The van der Waals surface area contributed by atoms with Crippen molar-refractivity contribution >= 4 is 8.32 Å². The van der Waals surface area contributed by atoms with Gasteiger partial charge in [0.2, 0.25) is 0 Å². The van der Waals surface area contributed by atoms with Gasteiger partial charge >= 0.3 is 0 Å². The lowest BCUT2D eigenvalue weighted by Crippen LogP contribution is -2.55. The van der Waals surface area contributed by atoms with Crippen molar-refractivity contribution in [2.24, 2.45) is 28.1 Å². The van der Waals surface area contributed by atoms with Crippen molar-refractivity contribution in [3.8, 4) is 0 Å². The van der Waals surface area contributed by atoms with Gasteiger partial charge in [0.1, 0.15) is 0 Å². The number of hydrogen-bond acceptors (Lipinski definition) is 1. The summed E-state index contributed by atoms with van der Waals surface area (Å²) in [7, 11) is -1.72. The van der Waals surface area contributed by atoms with E-state index in [9.17, 15) is 0 Å². The Bertz CT molecular complexity index is 629. The molecule has 4 rings (SSSR count). The van der Waals surface area contributed by atoms with Crippen molar-refractivity contribution in [1.82, 2.24) is 0 Å². The second-order valence-corrected chi connectivity index (χ2v) is 17.2. The maximum Gasteiger partial charge on any atom is 0.192 e. The van der Waals surface area contributed by atoms with Crippen molar-refractivity contribution in [2.75, 3.05) is 0 Å². The van der Waals surface area contributed by atoms with Crippen LogP contribution in [0.2, 0.25) is 18.1 Å². The zero-order valence-electron chi connectivity index (χ0n) is 18.7. The summed E-state index contributed by atoms with van der Waals surface area (Å²) >= 11 is 0. The summed E-state index contributed by atoms with van der Waals surface area (Å²) < 4.78 is 7.17. The summed E-state index contributed by atoms with van der Waals surface area (Å²) in [5.74, 6) is 1.78. The van der Waals surface area contributed by atoms with Crippen LogP contribution in [-0.4, -0.2) is 14.4 Å². The standard InChI is InChI=1S/C24H42OSi/c1-17-11-14-22(5)16-24-13-9-10-19(25-26(7,8)21(2,3)4)23(24,6)15-12-18(24)20(17)22/h11,18-20H,9-10,12-16H2,1-8H3/t18-,19-,20-,22+,23-,24+/m0/s1. The van der Waals surface area contributed by atoms with Gasteiger partial charge in [-0.15, -0.1) is 0 Å². The predicted octanol–water partition coefficient (Wildman–Crippen LogP) is 7.34. The fourth-order valence-corrected chi connectivity index (χ4v) is 9.25. The molecule has 3 fully saturated rings. The molecular formula is C24H42OSi. The van der Waals surface area contributed by atoms with Gasteiger partial charge in [0.25, 0.3) is 0 Å². The van der Waals surface area contributed by atoms with E-state index in [0.717, 1.165) is 11.8 Å². The van der Waals surface area contributed by atoms with Gasteiger partial charge in [-0.2, -0.15) is 0 Å². The van der Waals surface area contributed by atoms with E-state index in [4.69, 9.17) is 4.43 Å². The highest BCUT2D eigenvalue weighted by Gasteiger charge is 2.71. The van der Waals surface area contributed by atoms with Crippen LogP contribution in [0.3, 0.4) is 0 Å². The molecule has 1 spiro atoms. The first-order chi connectivity index (χ1) is 11.9. The Morgan fingerprint density at radius 2 is 1.81 bits per heavy atom. The Morgan fingerprint density at radius 3 is 2.46 bits per heavy atom. The van der Waals surface area contributed by atoms with Crippen LogP contribution in [0.5, 0.6) is 0 Å². The highest BCUT2D eigenvalue weighted by atomic mass is 28.4. The molecule has 2 heteroatoms. The first-order valence-corrected chi connectivity index (χ1v) is 14.1. The number of hydrogen-bond donors (Lipinski definition) is 0. The largest absolute Gasteiger partial charge is 0.413 e. The smallest absolute Gasteiger partial charge is 0.192 e. The molecule has 0 N–H and O–H groups in total. The van der Waals surface area contributed by atoms with Gasteiger partial charge in [-0.1, -0.05) is 52.7 Å². The summed E-state index contributed by atoms with van der Waals surface area (Å²) in [4.78, 5) is 0. The van der Waals surface area contributed by atoms with Gasteiger partial charge in [-0.05, 0) is 91.7 Å². The average molecular weight is 375 g/mol. The first-order valence-electron chi connectivity index (χ1n) is 11.2. The second kappa shape index (κ2) is 5.50. The highest BCUT2D eigenvalue weighted by Crippen LogP contribution is 2.77.